The van der Waals surface area contributed by atoms with Crippen LogP contribution < -0.4 is 0 Å². The van der Waals surface area contributed by atoms with E-state index in [-0.39, 0.29) is 18.6 Å². The van der Waals surface area contributed by atoms with Gasteiger partial charge in [-0.25, -0.2) is 0 Å². The molecule has 4 heteroatoms. The van der Waals surface area contributed by atoms with Gasteiger partial charge in [-0.15, -0.1) is 0 Å². The van der Waals surface area contributed by atoms with Gasteiger partial charge in [0.2, 0.25) is 0 Å². The summed E-state index contributed by atoms with van der Waals surface area (Å²) in [6, 6.07) is 7.56. The molecule has 1 N–H and O–H groups in total. The van der Waals surface area contributed by atoms with Gasteiger partial charge in [-0.2, -0.15) is 0 Å². The van der Waals surface area contributed by atoms with Crippen molar-refractivity contribution in [1.29, 1.82) is 0 Å². The first-order valence-electron chi connectivity index (χ1n) is 7.03. The third-order valence-corrected chi connectivity index (χ3v) is 4.37. The molecule has 1 aromatic heterocycles. The first kappa shape index (κ1) is 13.2. The van der Waals surface area contributed by atoms with E-state index in [1.54, 1.807) is 4.90 Å². The highest BCUT2D eigenvalue weighted by molar-refractivity contribution is 5.99. The number of aliphatic hydroxyl groups excluding tert-OH is 1. The van der Waals surface area contributed by atoms with Crippen molar-refractivity contribution in [2.24, 2.45) is 5.92 Å². The summed E-state index contributed by atoms with van der Waals surface area (Å²) in [5.74, 6) is 0.620. The summed E-state index contributed by atoms with van der Waals surface area (Å²) in [4.78, 5) is 14.4. The highest BCUT2D eigenvalue weighted by Gasteiger charge is 2.36. The quantitative estimate of drug-likeness (QED) is 0.915. The van der Waals surface area contributed by atoms with E-state index in [0.29, 0.717) is 18.2 Å². The van der Waals surface area contributed by atoms with Crippen molar-refractivity contribution in [3.8, 4) is 0 Å². The predicted molar refractivity (Wildman–Crippen MR) is 76.6 cm³/mol. The summed E-state index contributed by atoms with van der Waals surface area (Å²) in [5, 5.41) is 10.5. The molecule has 4 nitrogen and oxygen atoms in total. The maximum atomic E-state index is 12.7. The van der Waals surface area contributed by atoms with Crippen molar-refractivity contribution < 1.29 is 14.3 Å². The number of hydrogen-bond acceptors (Lipinski definition) is 3. The van der Waals surface area contributed by atoms with Crippen molar-refractivity contribution in [1.82, 2.24) is 4.90 Å². The predicted octanol–water partition coefficient (Wildman–Crippen LogP) is 2.58. The molecule has 1 aliphatic heterocycles. The summed E-state index contributed by atoms with van der Waals surface area (Å²) < 4.78 is 5.73. The molecule has 1 fully saturated rings. The maximum Gasteiger partial charge on any atom is 0.290 e. The summed E-state index contributed by atoms with van der Waals surface area (Å²) in [6.45, 7) is 4.67. The number of carbonyl (C=O) groups excluding carboxylic acids is 1. The van der Waals surface area contributed by atoms with Gasteiger partial charge in [0.1, 0.15) is 5.58 Å². The molecule has 2 aromatic rings. The molecule has 2 atom stereocenters. The number of para-hydroxylation sites is 1. The Morgan fingerprint density at radius 2 is 2.20 bits per heavy atom. The largest absolute Gasteiger partial charge is 0.451 e. The highest BCUT2D eigenvalue weighted by Crippen LogP contribution is 2.30. The number of nitrogens with zero attached hydrogens (tertiary/aromatic N) is 1. The number of carbonyl (C=O) groups is 1. The van der Waals surface area contributed by atoms with Crippen LogP contribution in [0.15, 0.2) is 28.7 Å². The van der Waals surface area contributed by atoms with Crippen LogP contribution in [-0.2, 0) is 0 Å². The second kappa shape index (κ2) is 4.94. The molecule has 2 heterocycles. The Morgan fingerprint density at radius 3 is 2.90 bits per heavy atom. The lowest BCUT2D eigenvalue weighted by Crippen LogP contribution is -2.39. The Bertz CT molecular complexity index is 646. The van der Waals surface area contributed by atoms with Crippen LogP contribution >= 0.6 is 0 Å². The van der Waals surface area contributed by atoms with Crippen molar-refractivity contribution in [2.75, 3.05) is 13.2 Å². The molecule has 1 aliphatic rings. The lowest BCUT2D eigenvalue weighted by atomic mass is 10.0. The first-order valence-corrected chi connectivity index (χ1v) is 7.03. The van der Waals surface area contributed by atoms with Gasteiger partial charge in [-0.1, -0.05) is 25.1 Å². The fourth-order valence-electron chi connectivity index (χ4n) is 3.05. The number of aliphatic hydroxyl groups is 1. The van der Waals surface area contributed by atoms with Crippen LogP contribution in [0.1, 0.15) is 29.5 Å². The normalized spacial score (nSPS) is 22.6. The standard InChI is InChI=1S/C16H19NO3/c1-10-7-8-17(13(10)9-18)16(19)15-11(2)12-5-3-4-6-14(12)20-15/h3-6,10,13,18H,7-9H2,1-2H3. The Balaban J connectivity index is 1.99. The molecular weight excluding hydrogens is 254 g/mol. The molecule has 0 bridgehead atoms. The maximum absolute atomic E-state index is 12.7. The van der Waals surface area contributed by atoms with Gasteiger partial charge in [0.05, 0.1) is 12.6 Å². The third-order valence-electron chi connectivity index (χ3n) is 4.37. The van der Waals surface area contributed by atoms with Gasteiger partial charge in [0.15, 0.2) is 5.76 Å². The van der Waals surface area contributed by atoms with E-state index in [1.165, 1.54) is 0 Å². The summed E-state index contributed by atoms with van der Waals surface area (Å²) >= 11 is 0. The van der Waals surface area contributed by atoms with E-state index in [2.05, 4.69) is 6.92 Å². The zero-order chi connectivity index (χ0) is 14.3. The lowest BCUT2D eigenvalue weighted by Gasteiger charge is -2.24. The van der Waals surface area contributed by atoms with Crippen LogP contribution in [0.5, 0.6) is 0 Å². The Labute approximate surface area is 118 Å². The zero-order valence-electron chi connectivity index (χ0n) is 11.8. The summed E-state index contributed by atoms with van der Waals surface area (Å²) in [7, 11) is 0. The number of fused-ring (bicyclic) bond motifs is 1. The minimum absolute atomic E-state index is 0.00613. The highest BCUT2D eigenvalue weighted by atomic mass is 16.3. The number of aryl methyl sites for hydroxylation is 1. The van der Waals surface area contributed by atoms with Crippen molar-refractivity contribution >= 4 is 16.9 Å². The number of hydrogen-bond donors (Lipinski definition) is 1. The Morgan fingerprint density at radius 1 is 1.45 bits per heavy atom. The molecule has 1 amide bonds. The van der Waals surface area contributed by atoms with Crippen LogP contribution in [0.4, 0.5) is 0 Å². The molecular formula is C16H19NO3. The summed E-state index contributed by atoms with van der Waals surface area (Å²) in [5.41, 5.74) is 1.61. The van der Waals surface area contributed by atoms with Crippen molar-refractivity contribution in [2.45, 2.75) is 26.3 Å². The monoisotopic (exact) mass is 273 g/mol. The number of benzene rings is 1. The van der Waals surface area contributed by atoms with E-state index in [4.69, 9.17) is 4.42 Å². The second-order valence-corrected chi connectivity index (χ2v) is 5.57. The number of amides is 1. The fourth-order valence-corrected chi connectivity index (χ4v) is 3.05. The molecule has 2 unspecified atom stereocenters. The number of likely N-dealkylation sites (tertiary alicyclic amines) is 1. The van der Waals surface area contributed by atoms with Crippen LogP contribution in [-0.4, -0.2) is 35.1 Å². The third kappa shape index (κ3) is 1.91. The lowest BCUT2D eigenvalue weighted by molar-refractivity contribution is 0.0618. The second-order valence-electron chi connectivity index (χ2n) is 5.57. The van der Waals surface area contributed by atoms with Crippen LogP contribution in [0.2, 0.25) is 0 Å². The Hall–Kier alpha value is -1.81. The van der Waals surface area contributed by atoms with Crippen LogP contribution in [0.3, 0.4) is 0 Å². The molecule has 1 saturated heterocycles. The van der Waals surface area contributed by atoms with Gasteiger partial charge in [0.25, 0.3) is 5.91 Å². The average molecular weight is 273 g/mol. The molecule has 0 radical (unpaired) electrons. The van der Waals surface area contributed by atoms with Gasteiger partial charge < -0.3 is 14.4 Å². The van der Waals surface area contributed by atoms with E-state index < -0.39 is 0 Å². The van der Waals surface area contributed by atoms with Crippen molar-refractivity contribution in [3.63, 3.8) is 0 Å². The molecule has 0 spiro atoms. The molecule has 0 aliphatic carbocycles. The van der Waals surface area contributed by atoms with Crippen LogP contribution in [0, 0.1) is 12.8 Å². The average Bonchev–Trinajstić information content (AvgIpc) is 2.99. The molecule has 106 valence electrons. The zero-order valence-corrected chi connectivity index (χ0v) is 11.8. The summed E-state index contributed by atoms with van der Waals surface area (Å²) in [6.07, 6.45) is 0.927. The Kier molecular flexibility index (Phi) is 3.26. The van der Waals surface area contributed by atoms with Gasteiger partial charge in [-0.05, 0) is 25.3 Å². The molecule has 3 rings (SSSR count). The minimum Gasteiger partial charge on any atom is -0.451 e. The molecule has 0 saturated carbocycles. The number of rotatable bonds is 2. The van der Waals surface area contributed by atoms with Gasteiger partial charge in [0, 0.05) is 17.5 Å². The van der Waals surface area contributed by atoms with E-state index >= 15 is 0 Å². The SMILES string of the molecule is Cc1c(C(=O)N2CCC(C)C2CO)oc2ccccc12. The molecule has 20 heavy (non-hydrogen) atoms. The minimum atomic E-state index is -0.109. The van der Waals surface area contributed by atoms with Crippen molar-refractivity contribution in [3.05, 3.63) is 35.6 Å². The topological polar surface area (TPSA) is 53.7 Å². The van der Waals surface area contributed by atoms with Crippen LogP contribution in [0.25, 0.3) is 11.0 Å². The van der Waals surface area contributed by atoms with E-state index in [1.807, 2.05) is 31.2 Å². The van der Waals surface area contributed by atoms with E-state index in [9.17, 15) is 9.90 Å². The molecule has 1 aromatic carbocycles. The van der Waals surface area contributed by atoms with Gasteiger partial charge in [-0.3, -0.25) is 4.79 Å². The first-order chi connectivity index (χ1) is 9.63. The van der Waals surface area contributed by atoms with E-state index in [0.717, 1.165) is 23.0 Å². The smallest absolute Gasteiger partial charge is 0.290 e. The fraction of sp³-hybridized carbons (Fsp3) is 0.438. The van der Waals surface area contributed by atoms with Gasteiger partial charge >= 0.3 is 0 Å². The number of furan rings is 1.